The number of hydrogen-bond acceptors (Lipinski definition) is 4. The smallest absolute Gasteiger partial charge is 1.00 e. The van der Waals surface area contributed by atoms with Gasteiger partial charge >= 0.3 is 29.6 Å². The van der Waals surface area contributed by atoms with Crippen molar-refractivity contribution in [2.45, 2.75) is 6.42 Å². The molecule has 0 radical (unpaired) electrons. The quantitative estimate of drug-likeness (QED) is 0.155. The number of thioether (sulfide) groups is 1. The summed E-state index contributed by atoms with van der Waals surface area (Å²) in [5.74, 6) is 0.169. The maximum atomic E-state index is 10.1. The predicted octanol–water partition coefficient (Wildman–Crippen LogP) is -2.99. The van der Waals surface area contributed by atoms with E-state index in [2.05, 4.69) is 0 Å². The zero-order valence-corrected chi connectivity index (χ0v) is 10.4. The Labute approximate surface area is 99.5 Å². The summed E-state index contributed by atoms with van der Waals surface area (Å²) < 4.78 is 28.5. The summed E-state index contributed by atoms with van der Waals surface area (Å²) in [6.07, 6.45) is 0.309. The van der Waals surface area contributed by atoms with Crippen LogP contribution in [0.15, 0.2) is 0 Å². The van der Waals surface area contributed by atoms with Crippen LogP contribution in [-0.2, 0) is 10.1 Å². The molecule has 0 heterocycles. The van der Waals surface area contributed by atoms with E-state index >= 15 is 0 Å². The van der Waals surface area contributed by atoms with Gasteiger partial charge in [0.05, 0.1) is 5.75 Å². The summed E-state index contributed by atoms with van der Waals surface area (Å²) in [7, 11) is -3.85. The van der Waals surface area contributed by atoms with Crippen molar-refractivity contribution in [2.24, 2.45) is 5.73 Å². The number of nitrogens with two attached hydrogens (primary N) is 1. The van der Waals surface area contributed by atoms with Crippen molar-refractivity contribution in [2.75, 3.05) is 11.5 Å². The molecule has 0 aromatic carbocycles. The number of nitrogens with one attached hydrogen (secondary N) is 1. The van der Waals surface area contributed by atoms with Crippen molar-refractivity contribution in [3.63, 3.8) is 0 Å². The maximum Gasteiger partial charge on any atom is 1.00 e. The Hall–Kier alpha value is 0.730. The molecule has 0 fully saturated rings. The molecule has 0 aromatic rings. The Kier molecular flexibility index (Phi) is 9.08. The molecule has 12 heavy (non-hydrogen) atoms. The van der Waals surface area contributed by atoms with Gasteiger partial charge in [0.25, 0.3) is 10.1 Å². The van der Waals surface area contributed by atoms with E-state index in [9.17, 15) is 8.42 Å². The van der Waals surface area contributed by atoms with Crippen LogP contribution >= 0.6 is 11.8 Å². The van der Waals surface area contributed by atoms with Crippen LogP contribution < -0.4 is 35.3 Å². The zero-order chi connectivity index (χ0) is 8.91. The second-order valence-corrected chi connectivity index (χ2v) is 4.56. The third-order valence-corrected chi connectivity index (χ3v) is 2.41. The summed E-state index contributed by atoms with van der Waals surface area (Å²) in [5.41, 5.74) is 4.98. The Morgan fingerprint density at radius 3 is 2.50 bits per heavy atom. The first-order valence-corrected chi connectivity index (χ1v) is 5.43. The molecule has 0 amide bonds. The molecule has 0 rings (SSSR count). The molecule has 8 heteroatoms. The molecule has 0 aliphatic rings. The van der Waals surface area contributed by atoms with Crippen molar-refractivity contribution in [1.29, 1.82) is 5.41 Å². The molecule has 0 aromatic heterocycles. The molecular formula is C4H11N2NaO3S2. The van der Waals surface area contributed by atoms with E-state index in [0.29, 0.717) is 12.2 Å². The fraction of sp³-hybridized carbons (Fsp3) is 0.750. The van der Waals surface area contributed by atoms with Crippen molar-refractivity contribution in [1.82, 2.24) is 0 Å². The predicted molar refractivity (Wildman–Crippen MR) is 46.5 cm³/mol. The molecule has 0 bridgehead atoms. The van der Waals surface area contributed by atoms with Gasteiger partial charge in [0.1, 0.15) is 0 Å². The van der Waals surface area contributed by atoms with Gasteiger partial charge in [-0.15, -0.1) is 0 Å². The van der Waals surface area contributed by atoms with Crippen molar-refractivity contribution >= 4 is 27.0 Å². The van der Waals surface area contributed by atoms with E-state index in [-0.39, 0.29) is 41.9 Å². The zero-order valence-electron chi connectivity index (χ0n) is 7.78. The van der Waals surface area contributed by atoms with E-state index in [1.54, 1.807) is 0 Å². The maximum absolute atomic E-state index is 10.1. The van der Waals surface area contributed by atoms with E-state index < -0.39 is 10.1 Å². The minimum Gasteiger partial charge on any atom is -1.00 e. The van der Waals surface area contributed by atoms with Gasteiger partial charge in [-0.3, -0.25) is 9.96 Å². The van der Waals surface area contributed by atoms with Gasteiger partial charge in [-0.05, 0) is 6.42 Å². The second-order valence-electron chi connectivity index (χ2n) is 1.85. The molecule has 0 spiro atoms. The summed E-state index contributed by atoms with van der Waals surface area (Å²) >= 11 is 1.06. The molecule has 0 aliphatic carbocycles. The van der Waals surface area contributed by atoms with Gasteiger partial charge in [0.15, 0.2) is 5.17 Å². The second kappa shape index (κ2) is 7.16. The van der Waals surface area contributed by atoms with Crippen molar-refractivity contribution < 1.29 is 44.0 Å². The van der Waals surface area contributed by atoms with Crippen LogP contribution in [0.1, 0.15) is 7.85 Å². The summed E-state index contributed by atoms with van der Waals surface area (Å²) in [5, 5.41) is 6.72. The number of amidine groups is 1. The van der Waals surface area contributed by atoms with Crippen LogP contribution in [0.3, 0.4) is 0 Å². The summed E-state index contributed by atoms with van der Waals surface area (Å²) in [4.78, 5) is 0. The van der Waals surface area contributed by atoms with Gasteiger partial charge < -0.3 is 7.16 Å². The van der Waals surface area contributed by atoms with Gasteiger partial charge in [0.2, 0.25) is 0 Å². The molecule has 0 aliphatic heterocycles. The normalized spacial score (nSPS) is 10.4. The molecule has 0 saturated heterocycles. The Balaban J connectivity index is -0.000000500. The van der Waals surface area contributed by atoms with Crippen LogP contribution in [0.25, 0.3) is 0 Å². The van der Waals surface area contributed by atoms with E-state index in [1.165, 1.54) is 0 Å². The average Bonchev–Trinajstić information content (AvgIpc) is 1.78. The summed E-state index contributed by atoms with van der Waals surface area (Å²) in [6.45, 7) is 0. The monoisotopic (exact) mass is 222 g/mol. The number of rotatable bonds is 4. The van der Waals surface area contributed by atoms with Crippen LogP contribution in [0.2, 0.25) is 0 Å². The number of hydrogen-bond donors (Lipinski definition) is 3. The fourth-order valence-corrected chi connectivity index (χ4v) is 1.62. The van der Waals surface area contributed by atoms with E-state index in [0.717, 1.165) is 11.8 Å². The first-order chi connectivity index (χ1) is 4.92. The molecule has 5 nitrogen and oxygen atoms in total. The Morgan fingerprint density at radius 1 is 1.67 bits per heavy atom. The molecular weight excluding hydrogens is 211 g/mol. The Morgan fingerprint density at radius 2 is 2.17 bits per heavy atom. The molecule has 0 atom stereocenters. The average molecular weight is 222 g/mol. The van der Waals surface area contributed by atoms with Crippen LogP contribution in [0.4, 0.5) is 0 Å². The van der Waals surface area contributed by atoms with E-state index in [4.69, 9.17) is 15.7 Å². The van der Waals surface area contributed by atoms with Gasteiger partial charge in [-0.25, -0.2) is 0 Å². The molecule has 68 valence electrons. The third kappa shape index (κ3) is 13.3. The fourth-order valence-electron chi connectivity index (χ4n) is 0.423. The van der Waals surface area contributed by atoms with Crippen LogP contribution in [0.5, 0.6) is 0 Å². The molecule has 0 saturated carbocycles. The Bertz CT molecular complexity index is 234. The van der Waals surface area contributed by atoms with Gasteiger partial charge in [-0.1, -0.05) is 11.8 Å². The minimum atomic E-state index is -3.85. The largest absolute Gasteiger partial charge is 1.00 e. The topological polar surface area (TPSA) is 104 Å². The first-order valence-electron chi connectivity index (χ1n) is 2.84. The van der Waals surface area contributed by atoms with Crippen molar-refractivity contribution in [3.8, 4) is 0 Å². The first kappa shape index (κ1) is 15.2. The SMILES string of the molecule is N=C(N)SCCCS(=O)(=O)O.[H-].[Na+]. The van der Waals surface area contributed by atoms with E-state index in [1.807, 2.05) is 0 Å². The molecule has 4 N–H and O–H groups in total. The third-order valence-electron chi connectivity index (χ3n) is 0.804. The standard InChI is InChI=1S/C4H10N2O3S2.Na.H/c5-4(6)10-2-1-3-11(7,8)9;;/h1-3H2,(H3,5,6)(H,7,8,9);;/q;+1;-1. The minimum absolute atomic E-state index is 0. The van der Waals surface area contributed by atoms with Gasteiger partial charge in [-0.2, -0.15) is 8.42 Å². The van der Waals surface area contributed by atoms with Crippen molar-refractivity contribution in [3.05, 3.63) is 0 Å². The molecule has 0 unspecified atom stereocenters. The van der Waals surface area contributed by atoms with Crippen LogP contribution in [-0.4, -0.2) is 29.6 Å². The summed E-state index contributed by atoms with van der Waals surface area (Å²) in [6, 6.07) is 0. The van der Waals surface area contributed by atoms with Crippen LogP contribution in [0, 0.1) is 5.41 Å². The van der Waals surface area contributed by atoms with Gasteiger partial charge in [0, 0.05) is 5.75 Å².